The van der Waals surface area contributed by atoms with E-state index < -0.39 is 0 Å². The molecular weight excluding hydrogens is 467 g/mol. The van der Waals surface area contributed by atoms with Crippen molar-refractivity contribution in [2.24, 2.45) is 0 Å². The van der Waals surface area contributed by atoms with Gasteiger partial charge in [-0.2, -0.15) is 0 Å². The Kier molecular flexibility index (Phi) is 10.0. The molecule has 1 heterocycles. The van der Waals surface area contributed by atoms with Gasteiger partial charge in [-0.05, 0) is 63.4 Å². The molecule has 0 spiro atoms. The number of hydrogen-bond acceptors (Lipinski definition) is 3. The Morgan fingerprint density at radius 1 is 1.00 bits per heavy atom. The Balaban J connectivity index is 0.00000204. The summed E-state index contributed by atoms with van der Waals surface area (Å²) in [6, 6.07) is 19.3. The SMILES string of the molecule is CN(C)C(=O)[C@H](Cc1c[nH]c2ccccc12)NC1CCC(c2ccccc2)(N(C)C)CC1.Cl.Cl. The van der Waals surface area contributed by atoms with Gasteiger partial charge in [-0.3, -0.25) is 9.69 Å². The molecule has 0 saturated heterocycles. The lowest BCUT2D eigenvalue weighted by Crippen LogP contribution is -2.53. The molecule has 1 aliphatic rings. The maximum atomic E-state index is 13.1. The van der Waals surface area contributed by atoms with Crippen LogP contribution in [0.15, 0.2) is 60.8 Å². The highest BCUT2D eigenvalue weighted by molar-refractivity contribution is 5.86. The lowest BCUT2D eigenvalue weighted by atomic mass is 9.74. The van der Waals surface area contributed by atoms with Gasteiger partial charge in [0.05, 0.1) is 6.04 Å². The maximum Gasteiger partial charge on any atom is 0.239 e. The fourth-order valence-electron chi connectivity index (χ4n) is 5.34. The first-order valence-electron chi connectivity index (χ1n) is 11.7. The summed E-state index contributed by atoms with van der Waals surface area (Å²) in [5.41, 5.74) is 3.77. The summed E-state index contributed by atoms with van der Waals surface area (Å²) in [6.45, 7) is 0. The third-order valence-corrected chi connectivity index (χ3v) is 7.25. The molecule has 4 rings (SSSR count). The third kappa shape index (κ3) is 5.77. The van der Waals surface area contributed by atoms with Gasteiger partial charge in [0.2, 0.25) is 5.91 Å². The Hall–Kier alpha value is -2.05. The summed E-state index contributed by atoms with van der Waals surface area (Å²) in [7, 11) is 8.07. The van der Waals surface area contributed by atoms with Crippen LogP contribution in [0.5, 0.6) is 0 Å². The number of amides is 1. The zero-order valence-corrected chi connectivity index (χ0v) is 22.2. The second kappa shape index (κ2) is 12.1. The van der Waals surface area contributed by atoms with E-state index in [4.69, 9.17) is 0 Å². The van der Waals surface area contributed by atoms with E-state index in [-0.39, 0.29) is 42.3 Å². The number of H-pyrrole nitrogens is 1. The predicted molar refractivity (Wildman–Crippen MR) is 146 cm³/mol. The number of likely N-dealkylation sites (N-methyl/N-ethyl adjacent to an activating group) is 1. The molecule has 3 aromatic rings. The van der Waals surface area contributed by atoms with Crippen LogP contribution in [0.25, 0.3) is 10.9 Å². The molecular formula is C27H38Cl2N4O. The number of rotatable bonds is 7. The highest BCUT2D eigenvalue weighted by atomic mass is 35.5. The number of fused-ring (bicyclic) bond motifs is 1. The van der Waals surface area contributed by atoms with Gasteiger partial charge in [-0.25, -0.2) is 0 Å². The van der Waals surface area contributed by atoms with Crippen LogP contribution in [0.4, 0.5) is 0 Å². The third-order valence-electron chi connectivity index (χ3n) is 7.25. The van der Waals surface area contributed by atoms with Gasteiger partial charge in [0.15, 0.2) is 0 Å². The first-order chi connectivity index (χ1) is 15.4. The first-order valence-corrected chi connectivity index (χ1v) is 11.7. The van der Waals surface area contributed by atoms with Crippen LogP contribution in [0.1, 0.15) is 36.8 Å². The predicted octanol–water partition coefficient (Wildman–Crippen LogP) is 5.00. The molecule has 2 N–H and O–H groups in total. The molecule has 7 heteroatoms. The van der Waals surface area contributed by atoms with Crippen LogP contribution >= 0.6 is 24.8 Å². The smallest absolute Gasteiger partial charge is 0.239 e. The minimum atomic E-state index is -0.224. The summed E-state index contributed by atoms with van der Waals surface area (Å²) in [6.07, 6.45) is 7.01. The quantitative estimate of drug-likeness (QED) is 0.475. The molecule has 5 nitrogen and oxygen atoms in total. The second-order valence-electron chi connectivity index (χ2n) is 9.58. The van der Waals surface area contributed by atoms with Crippen molar-refractivity contribution in [1.82, 2.24) is 20.1 Å². The van der Waals surface area contributed by atoms with Crippen molar-refractivity contribution < 1.29 is 4.79 Å². The molecule has 0 aliphatic heterocycles. The average Bonchev–Trinajstić information content (AvgIpc) is 3.22. The van der Waals surface area contributed by atoms with E-state index in [1.165, 1.54) is 16.5 Å². The van der Waals surface area contributed by atoms with Crippen LogP contribution in [0.2, 0.25) is 0 Å². The highest BCUT2D eigenvalue weighted by Gasteiger charge is 2.39. The van der Waals surface area contributed by atoms with Gasteiger partial charge in [0, 0.05) is 42.8 Å². The van der Waals surface area contributed by atoms with E-state index in [0.29, 0.717) is 12.5 Å². The lowest BCUT2D eigenvalue weighted by molar-refractivity contribution is -0.131. The number of aromatic amines is 1. The lowest BCUT2D eigenvalue weighted by Gasteiger charge is -2.46. The summed E-state index contributed by atoms with van der Waals surface area (Å²) in [5.74, 6) is 0.141. The number of carbonyl (C=O) groups is 1. The molecule has 1 aliphatic carbocycles. The van der Waals surface area contributed by atoms with E-state index in [0.717, 1.165) is 31.2 Å². The number of benzene rings is 2. The van der Waals surface area contributed by atoms with E-state index in [1.54, 1.807) is 4.90 Å². The van der Waals surface area contributed by atoms with Gasteiger partial charge < -0.3 is 15.2 Å². The minimum absolute atomic E-state index is 0. The number of nitrogens with zero attached hydrogens (tertiary/aromatic N) is 2. The summed E-state index contributed by atoms with van der Waals surface area (Å²) in [5, 5.41) is 4.94. The summed E-state index contributed by atoms with van der Waals surface area (Å²) in [4.78, 5) is 20.5. The highest BCUT2D eigenvalue weighted by Crippen LogP contribution is 2.41. The molecule has 1 atom stereocenters. The number of carbonyl (C=O) groups excluding carboxylic acids is 1. The fraction of sp³-hybridized carbons (Fsp3) is 0.444. The Bertz CT molecular complexity index is 1040. The van der Waals surface area contributed by atoms with Crippen molar-refractivity contribution in [2.45, 2.75) is 49.7 Å². The standard InChI is InChI=1S/C27H36N4O.2ClH/c1-30(2)26(32)25(18-20-19-28-24-13-9-8-12-23(20)24)29-22-14-16-27(17-15-22,31(3)4)21-10-6-5-7-11-21;;/h5-13,19,22,25,28-29H,14-18H2,1-4H3;2*1H/t22?,25-,27?;;/m0../s1. The molecule has 186 valence electrons. The molecule has 0 bridgehead atoms. The van der Waals surface area contributed by atoms with Gasteiger partial charge in [0.25, 0.3) is 0 Å². The van der Waals surface area contributed by atoms with Crippen LogP contribution in [-0.2, 0) is 16.8 Å². The van der Waals surface area contributed by atoms with E-state index in [2.05, 4.69) is 84.0 Å². The van der Waals surface area contributed by atoms with Crippen molar-refractivity contribution in [1.29, 1.82) is 0 Å². The zero-order valence-electron chi connectivity index (χ0n) is 20.6. The van der Waals surface area contributed by atoms with Crippen molar-refractivity contribution in [3.05, 3.63) is 71.9 Å². The maximum absolute atomic E-state index is 13.1. The van der Waals surface area contributed by atoms with Crippen LogP contribution in [-0.4, -0.2) is 61.0 Å². The number of nitrogens with one attached hydrogen (secondary N) is 2. The Morgan fingerprint density at radius 3 is 2.24 bits per heavy atom. The monoisotopic (exact) mass is 504 g/mol. The topological polar surface area (TPSA) is 51.4 Å². The molecule has 1 aromatic heterocycles. The van der Waals surface area contributed by atoms with E-state index >= 15 is 0 Å². The van der Waals surface area contributed by atoms with E-state index in [9.17, 15) is 4.79 Å². The van der Waals surface area contributed by atoms with Crippen molar-refractivity contribution in [2.75, 3.05) is 28.2 Å². The van der Waals surface area contributed by atoms with Crippen LogP contribution in [0.3, 0.4) is 0 Å². The minimum Gasteiger partial charge on any atom is -0.361 e. The molecule has 1 fully saturated rings. The van der Waals surface area contributed by atoms with E-state index in [1.807, 2.05) is 20.2 Å². The van der Waals surface area contributed by atoms with Crippen molar-refractivity contribution >= 4 is 41.6 Å². The molecule has 1 amide bonds. The number of aromatic nitrogens is 1. The Morgan fingerprint density at radius 2 is 1.62 bits per heavy atom. The molecule has 0 unspecified atom stereocenters. The summed E-state index contributed by atoms with van der Waals surface area (Å²) < 4.78 is 0. The fourth-order valence-corrected chi connectivity index (χ4v) is 5.34. The van der Waals surface area contributed by atoms with Crippen molar-refractivity contribution in [3.8, 4) is 0 Å². The van der Waals surface area contributed by atoms with Gasteiger partial charge in [-0.1, -0.05) is 48.5 Å². The van der Waals surface area contributed by atoms with Gasteiger partial charge >= 0.3 is 0 Å². The van der Waals surface area contributed by atoms with Gasteiger partial charge in [0.1, 0.15) is 0 Å². The zero-order chi connectivity index (χ0) is 22.7. The van der Waals surface area contributed by atoms with Crippen LogP contribution < -0.4 is 5.32 Å². The average molecular weight is 506 g/mol. The number of para-hydroxylation sites is 1. The molecule has 34 heavy (non-hydrogen) atoms. The Labute approximate surface area is 216 Å². The number of hydrogen-bond donors (Lipinski definition) is 2. The normalized spacial score (nSPS) is 20.9. The first kappa shape index (κ1) is 28.2. The molecule has 1 saturated carbocycles. The summed E-state index contributed by atoms with van der Waals surface area (Å²) >= 11 is 0. The number of halogens is 2. The molecule has 2 aromatic carbocycles. The molecule has 0 radical (unpaired) electrons. The van der Waals surface area contributed by atoms with Crippen LogP contribution in [0, 0.1) is 0 Å². The van der Waals surface area contributed by atoms with Gasteiger partial charge in [-0.15, -0.1) is 24.8 Å². The second-order valence-corrected chi connectivity index (χ2v) is 9.58. The van der Waals surface area contributed by atoms with Crippen molar-refractivity contribution in [3.63, 3.8) is 0 Å². The largest absolute Gasteiger partial charge is 0.361 e.